The van der Waals surface area contributed by atoms with Crippen molar-refractivity contribution in [2.45, 2.75) is 20.0 Å². The monoisotopic (exact) mass is 395 g/mol. The zero-order valence-electron chi connectivity index (χ0n) is 16.4. The highest BCUT2D eigenvalue weighted by Crippen LogP contribution is 2.29. The quantitative estimate of drug-likeness (QED) is 0.531. The molecule has 0 saturated heterocycles. The number of benzene rings is 1. The van der Waals surface area contributed by atoms with Crippen molar-refractivity contribution < 1.29 is 23.5 Å². The van der Waals surface area contributed by atoms with Crippen LogP contribution in [0.4, 0.5) is 0 Å². The summed E-state index contributed by atoms with van der Waals surface area (Å²) in [6.45, 7) is 3.29. The lowest BCUT2D eigenvalue weighted by Crippen LogP contribution is -2.17. The summed E-state index contributed by atoms with van der Waals surface area (Å²) in [5, 5.41) is 3.88. The highest BCUT2D eigenvalue weighted by Gasteiger charge is 2.20. The molecule has 2 aromatic heterocycles. The summed E-state index contributed by atoms with van der Waals surface area (Å²) in [6.07, 6.45) is 6.41. The smallest absolute Gasteiger partial charge is 0.344 e. The van der Waals surface area contributed by atoms with Crippen LogP contribution in [0.1, 0.15) is 31.4 Å². The number of rotatable bonds is 8. The van der Waals surface area contributed by atoms with E-state index in [0.29, 0.717) is 22.9 Å². The molecule has 1 atom stereocenters. The van der Waals surface area contributed by atoms with Crippen LogP contribution < -0.4 is 9.47 Å². The molecular weight excluding hydrogens is 374 g/mol. The Morgan fingerprint density at radius 3 is 2.86 bits per heavy atom. The number of allylic oxidation sites excluding steroid dienone is 1. The van der Waals surface area contributed by atoms with E-state index in [2.05, 4.69) is 15.1 Å². The summed E-state index contributed by atoms with van der Waals surface area (Å²) in [5.41, 5.74) is 1.67. The molecule has 3 rings (SSSR count). The first-order chi connectivity index (χ1) is 14.1. The van der Waals surface area contributed by atoms with E-state index in [1.807, 2.05) is 31.2 Å². The summed E-state index contributed by atoms with van der Waals surface area (Å²) in [4.78, 5) is 20.4. The van der Waals surface area contributed by atoms with E-state index in [4.69, 9.17) is 18.7 Å². The summed E-state index contributed by atoms with van der Waals surface area (Å²) in [5.74, 6) is 0.961. The molecule has 0 spiro atoms. The topological polar surface area (TPSA) is 96.6 Å². The molecule has 1 aromatic carbocycles. The van der Waals surface area contributed by atoms with E-state index in [0.717, 1.165) is 5.56 Å². The largest absolute Gasteiger partial charge is 0.493 e. The van der Waals surface area contributed by atoms with E-state index >= 15 is 0 Å². The van der Waals surface area contributed by atoms with Crippen LogP contribution in [0, 0.1) is 0 Å². The summed E-state index contributed by atoms with van der Waals surface area (Å²) < 4.78 is 21.3. The van der Waals surface area contributed by atoms with Crippen LogP contribution in [-0.2, 0) is 9.53 Å². The Kier molecular flexibility index (Phi) is 6.57. The Bertz CT molecular complexity index is 985. The molecule has 2 heterocycles. The molecule has 0 fully saturated rings. The van der Waals surface area contributed by atoms with Crippen LogP contribution in [0.5, 0.6) is 11.5 Å². The van der Waals surface area contributed by atoms with Gasteiger partial charge < -0.3 is 18.7 Å². The molecule has 150 valence electrons. The van der Waals surface area contributed by atoms with Crippen molar-refractivity contribution in [1.29, 1.82) is 0 Å². The number of carbonyl (C=O) groups excluding carboxylic acids is 1. The van der Waals surface area contributed by atoms with Gasteiger partial charge in [0.05, 0.1) is 7.11 Å². The zero-order chi connectivity index (χ0) is 20.6. The Labute approximate surface area is 168 Å². The fraction of sp³-hybridized carbons (Fsp3) is 0.238. The molecular formula is C21H21N3O5. The lowest BCUT2D eigenvalue weighted by molar-refractivity contribution is -0.152. The number of aromatic nitrogens is 3. The van der Waals surface area contributed by atoms with Crippen molar-refractivity contribution >= 4 is 12.0 Å². The average molecular weight is 395 g/mol. The van der Waals surface area contributed by atoms with Crippen LogP contribution >= 0.6 is 0 Å². The minimum Gasteiger partial charge on any atom is -0.493 e. The van der Waals surface area contributed by atoms with Crippen LogP contribution in [0.15, 0.2) is 53.3 Å². The lowest BCUT2D eigenvalue weighted by Gasteiger charge is -2.12. The minimum atomic E-state index is -0.719. The number of methoxy groups -OCH3 is 1. The Morgan fingerprint density at radius 1 is 1.28 bits per heavy atom. The molecule has 8 heteroatoms. The van der Waals surface area contributed by atoms with Crippen molar-refractivity contribution in [2.24, 2.45) is 0 Å². The molecule has 0 aliphatic carbocycles. The van der Waals surface area contributed by atoms with Crippen molar-refractivity contribution in [2.75, 3.05) is 13.7 Å². The molecule has 3 aromatic rings. The van der Waals surface area contributed by atoms with Crippen LogP contribution in [0.25, 0.3) is 17.5 Å². The summed E-state index contributed by atoms with van der Waals surface area (Å²) in [6, 6.07) is 9.00. The van der Waals surface area contributed by atoms with Gasteiger partial charge in [-0.25, -0.2) is 4.79 Å². The van der Waals surface area contributed by atoms with Crippen molar-refractivity contribution in [3.8, 4) is 22.9 Å². The van der Waals surface area contributed by atoms with Gasteiger partial charge in [0.1, 0.15) is 0 Å². The first kappa shape index (κ1) is 20.1. The highest BCUT2D eigenvalue weighted by molar-refractivity contribution is 5.71. The second-order valence-electron chi connectivity index (χ2n) is 6.03. The highest BCUT2D eigenvalue weighted by atomic mass is 16.6. The van der Waals surface area contributed by atoms with Crippen LogP contribution in [-0.4, -0.2) is 34.8 Å². The fourth-order valence-corrected chi connectivity index (χ4v) is 2.53. The first-order valence-corrected chi connectivity index (χ1v) is 8.97. The number of nitrogens with zero attached hydrogens (tertiary/aromatic N) is 3. The van der Waals surface area contributed by atoms with Gasteiger partial charge in [-0.3, -0.25) is 4.98 Å². The lowest BCUT2D eigenvalue weighted by atomic mass is 10.2. The third-order valence-corrected chi connectivity index (χ3v) is 3.91. The average Bonchev–Trinajstić information content (AvgIpc) is 3.24. The Morgan fingerprint density at radius 2 is 2.14 bits per heavy atom. The molecule has 8 nitrogen and oxygen atoms in total. The second kappa shape index (κ2) is 9.50. The Hall–Kier alpha value is -3.68. The SMILES string of the molecule is C/C=C/c1ccc(OCC(=O)OC(C)c2nc(-c3cccnc3)no2)c(OC)c1. The van der Waals surface area contributed by atoms with Gasteiger partial charge in [-0.05, 0) is 43.7 Å². The Balaban J connectivity index is 1.58. The van der Waals surface area contributed by atoms with Crippen LogP contribution in [0.3, 0.4) is 0 Å². The molecule has 29 heavy (non-hydrogen) atoms. The molecule has 0 bridgehead atoms. The van der Waals surface area contributed by atoms with Gasteiger partial charge in [0.15, 0.2) is 24.2 Å². The maximum atomic E-state index is 12.1. The number of carbonyl (C=O) groups is 1. The minimum absolute atomic E-state index is 0.186. The van der Waals surface area contributed by atoms with Gasteiger partial charge in [0.25, 0.3) is 5.89 Å². The number of hydrogen-bond acceptors (Lipinski definition) is 8. The maximum absolute atomic E-state index is 12.1. The van der Waals surface area contributed by atoms with Crippen molar-refractivity contribution in [3.05, 3.63) is 60.3 Å². The third-order valence-electron chi connectivity index (χ3n) is 3.91. The van der Waals surface area contributed by atoms with Gasteiger partial charge in [-0.2, -0.15) is 4.98 Å². The van der Waals surface area contributed by atoms with Crippen molar-refractivity contribution in [1.82, 2.24) is 15.1 Å². The molecule has 0 N–H and O–H groups in total. The van der Waals surface area contributed by atoms with Gasteiger partial charge in [0.2, 0.25) is 5.82 Å². The molecule has 0 amide bonds. The molecule has 0 radical (unpaired) electrons. The molecule has 0 saturated carbocycles. The number of hydrogen-bond donors (Lipinski definition) is 0. The van der Waals surface area contributed by atoms with Gasteiger partial charge >= 0.3 is 5.97 Å². The number of ether oxygens (including phenoxy) is 3. The van der Waals surface area contributed by atoms with Gasteiger partial charge in [-0.1, -0.05) is 23.4 Å². The molecule has 1 unspecified atom stereocenters. The van der Waals surface area contributed by atoms with Crippen LogP contribution in [0.2, 0.25) is 0 Å². The van der Waals surface area contributed by atoms with E-state index in [9.17, 15) is 4.79 Å². The van der Waals surface area contributed by atoms with E-state index in [1.54, 1.807) is 37.5 Å². The first-order valence-electron chi connectivity index (χ1n) is 8.97. The van der Waals surface area contributed by atoms with E-state index < -0.39 is 12.1 Å². The number of esters is 1. The third kappa shape index (κ3) is 5.19. The van der Waals surface area contributed by atoms with E-state index in [-0.39, 0.29) is 12.5 Å². The normalized spacial score (nSPS) is 12.0. The van der Waals surface area contributed by atoms with Crippen molar-refractivity contribution in [3.63, 3.8) is 0 Å². The molecule has 0 aliphatic rings. The molecule has 0 aliphatic heterocycles. The maximum Gasteiger partial charge on any atom is 0.344 e. The summed E-state index contributed by atoms with van der Waals surface area (Å²) in [7, 11) is 1.54. The zero-order valence-corrected chi connectivity index (χ0v) is 16.4. The fourth-order valence-electron chi connectivity index (χ4n) is 2.53. The second-order valence-corrected chi connectivity index (χ2v) is 6.03. The van der Waals surface area contributed by atoms with E-state index in [1.165, 1.54) is 7.11 Å². The predicted molar refractivity (Wildman–Crippen MR) is 105 cm³/mol. The van der Waals surface area contributed by atoms with Gasteiger partial charge in [-0.15, -0.1) is 0 Å². The van der Waals surface area contributed by atoms with Gasteiger partial charge in [0, 0.05) is 18.0 Å². The number of pyridine rings is 1. The standard InChI is InChI=1S/C21H21N3O5/c1-4-6-15-8-9-17(18(11-15)26-3)27-13-19(25)28-14(2)21-23-20(24-29-21)16-7-5-10-22-12-16/h4-12,14H,13H2,1-3H3/b6-4+. The summed E-state index contributed by atoms with van der Waals surface area (Å²) >= 11 is 0. The predicted octanol–water partition coefficient (Wildman–Crippen LogP) is 3.86.